The Bertz CT molecular complexity index is 697. The molecule has 1 fully saturated rings. The minimum absolute atomic E-state index is 0. The highest BCUT2D eigenvalue weighted by atomic mass is 35.5. The number of nitrogens with zero attached hydrogens (tertiary/aromatic N) is 1. The van der Waals surface area contributed by atoms with Gasteiger partial charge < -0.3 is 16.0 Å². The van der Waals surface area contributed by atoms with Crippen LogP contribution in [0.4, 0.5) is 0 Å². The normalized spacial score (nSPS) is 19.1. The van der Waals surface area contributed by atoms with Crippen LogP contribution in [0, 0.1) is 5.41 Å². The third kappa shape index (κ3) is 5.81. The summed E-state index contributed by atoms with van der Waals surface area (Å²) in [5.74, 6) is 0.0837. The van der Waals surface area contributed by atoms with Crippen LogP contribution in [0.1, 0.15) is 43.9 Å². The summed E-state index contributed by atoms with van der Waals surface area (Å²) in [7, 11) is 0. The SMILES string of the molecule is CC1(C)CN(CCC(=O)NC(c2ccccc2)c2ccccc2)CCC1N.Cl. The highest BCUT2D eigenvalue weighted by molar-refractivity contribution is 5.85. The highest BCUT2D eigenvalue weighted by Gasteiger charge is 2.33. The van der Waals surface area contributed by atoms with Crippen molar-refractivity contribution in [1.82, 2.24) is 10.2 Å². The smallest absolute Gasteiger partial charge is 0.222 e. The molecule has 1 atom stereocenters. The number of piperidine rings is 1. The number of nitrogens with two attached hydrogens (primary N) is 1. The number of nitrogens with one attached hydrogen (secondary N) is 1. The number of rotatable bonds is 6. The van der Waals surface area contributed by atoms with Crippen LogP contribution < -0.4 is 11.1 Å². The molecular formula is C23H32ClN3O. The van der Waals surface area contributed by atoms with Crippen LogP contribution in [0.25, 0.3) is 0 Å². The lowest BCUT2D eigenvalue weighted by atomic mass is 9.79. The zero-order chi connectivity index (χ0) is 19.3. The molecule has 0 saturated carbocycles. The molecule has 0 radical (unpaired) electrons. The quantitative estimate of drug-likeness (QED) is 0.774. The maximum Gasteiger partial charge on any atom is 0.222 e. The van der Waals surface area contributed by atoms with Gasteiger partial charge in [0, 0.05) is 25.6 Å². The fraction of sp³-hybridized carbons (Fsp3) is 0.435. The van der Waals surface area contributed by atoms with E-state index in [1.54, 1.807) is 0 Å². The molecule has 3 rings (SSSR count). The summed E-state index contributed by atoms with van der Waals surface area (Å²) in [5.41, 5.74) is 8.52. The van der Waals surface area contributed by atoms with E-state index in [0.29, 0.717) is 6.42 Å². The topological polar surface area (TPSA) is 58.4 Å². The maximum atomic E-state index is 12.7. The van der Waals surface area contributed by atoms with Crippen molar-refractivity contribution < 1.29 is 4.79 Å². The third-order valence-corrected chi connectivity index (χ3v) is 5.62. The molecule has 4 nitrogen and oxygen atoms in total. The van der Waals surface area contributed by atoms with Gasteiger partial charge >= 0.3 is 0 Å². The van der Waals surface area contributed by atoms with E-state index in [1.807, 2.05) is 36.4 Å². The molecule has 1 unspecified atom stereocenters. The zero-order valence-corrected chi connectivity index (χ0v) is 17.6. The lowest BCUT2D eigenvalue weighted by Gasteiger charge is -2.42. The standard InChI is InChI=1S/C23H31N3O.ClH/c1-23(2)17-26(15-13-20(23)24)16-14-21(27)25-22(18-9-5-3-6-10-18)19-11-7-4-8-12-19;/h3-12,20,22H,13-17,24H2,1-2H3,(H,25,27);1H. The van der Waals surface area contributed by atoms with E-state index in [4.69, 9.17) is 5.73 Å². The summed E-state index contributed by atoms with van der Waals surface area (Å²) in [6, 6.07) is 20.4. The molecule has 0 aromatic heterocycles. The first kappa shape index (κ1) is 22.4. The minimum atomic E-state index is -0.119. The number of hydrogen-bond acceptors (Lipinski definition) is 3. The molecule has 1 saturated heterocycles. The van der Waals surface area contributed by atoms with Crippen molar-refractivity contribution in [2.75, 3.05) is 19.6 Å². The molecule has 2 aromatic carbocycles. The molecule has 0 aliphatic carbocycles. The Morgan fingerprint density at radius 3 is 2.14 bits per heavy atom. The predicted octanol–water partition coefficient (Wildman–Crippen LogP) is 3.76. The van der Waals surface area contributed by atoms with E-state index in [1.165, 1.54) is 0 Å². The number of carbonyl (C=O) groups is 1. The van der Waals surface area contributed by atoms with Crippen molar-refractivity contribution in [1.29, 1.82) is 0 Å². The second-order valence-electron chi connectivity index (χ2n) is 8.23. The van der Waals surface area contributed by atoms with Gasteiger partial charge in [0.1, 0.15) is 0 Å². The largest absolute Gasteiger partial charge is 0.345 e. The summed E-state index contributed by atoms with van der Waals surface area (Å²) in [6.07, 6.45) is 1.49. The monoisotopic (exact) mass is 401 g/mol. The van der Waals surface area contributed by atoms with Crippen LogP contribution in [-0.4, -0.2) is 36.5 Å². The van der Waals surface area contributed by atoms with Crippen LogP contribution in [0.3, 0.4) is 0 Å². The van der Waals surface area contributed by atoms with Crippen LogP contribution in [-0.2, 0) is 4.79 Å². The van der Waals surface area contributed by atoms with Crippen LogP contribution in [0.2, 0.25) is 0 Å². The summed E-state index contributed by atoms with van der Waals surface area (Å²) < 4.78 is 0. The Hall–Kier alpha value is -1.88. The lowest BCUT2D eigenvalue weighted by molar-refractivity contribution is -0.122. The summed E-state index contributed by atoms with van der Waals surface area (Å²) >= 11 is 0. The van der Waals surface area contributed by atoms with Gasteiger partial charge in [-0.25, -0.2) is 0 Å². The van der Waals surface area contributed by atoms with Crippen molar-refractivity contribution in [2.45, 2.75) is 38.8 Å². The molecule has 152 valence electrons. The second kappa shape index (κ2) is 10.1. The molecule has 1 aliphatic rings. The van der Waals surface area contributed by atoms with Gasteiger partial charge in [-0.2, -0.15) is 0 Å². The molecule has 0 spiro atoms. The van der Waals surface area contributed by atoms with Crippen molar-refractivity contribution >= 4 is 18.3 Å². The van der Waals surface area contributed by atoms with Gasteiger partial charge in [0.15, 0.2) is 0 Å². The Balaban J connectivity index is 0.00000280. The average Bonchev–Trinajstić information content (AvgIpc) is 2.68. The molecule has 1 amide bonds. The summed E-state index contributed by atoms with van der Waals surface area (Å²) in [6.45, 7) is 7.12. The zero-order valence-electron chi connectivity index (χ0n) is 16.8. The Kier molecular flexibility index (Phi) is 8.05. The van der Waals surface area contributed by atoms with E-state index in [9.17, 15) is 4.79 Å². The molecular weight excluding hydrogens is 370 g/mol. The fourth-order valence-electron chi connectivity index (χ4n) is 3.82. The molecule has 1 aliphatic heterocycles. The van der Waals surface area contributed by atoms with Gasteiger partial charge in [0.05, 0.1) is 6.04 Å². The number of benzene rings is 2. The maximum absolute atomic E-state index is 12.7. The van der Waals surface area contributed by atoms with Gasteiger partial charge in [-0.3, -0.25) is 4.79 Å². The summed E-state index contributed by atoms with van der Waals surface area (Å²) in [4.78, 5) is 15.1. The van der Waals surface area contributed by atoms with Crippen LogP contribution in [0.5, 0.6) is 0 Å². The van der Waals surface area contributed by atoms with E-state index in [-0.39, 0.29) is 35.8 Å². The van der Waals surface area contributed by atoms with E-state index < -0.39 is 0 Å². The van der Waals surface area contributed by atoms with Gasteiger partial charge in [-0.1, -0.05) is 74.5 Å². The third-order valence-electron chi connectivity index (χ3n) is 5.62. The van der Waals surface area contributed by atoms with Gasteiger partial charge in [0.25, 0.3) is 0 Å². The van der Waals surface area contributed by atoms with E-state index >= 15 is 0 Å². The Morgan fingerprint density at radius 1 is 1.11 bits per heavy atom. The number of likely N-dealkylation sites (tertiary alicyclic amines) is 1. The van der Waals surface area contributed by atoms with Crippen LogP contribution >= 0.6 is 12.4 Å². The first-order valence-electron chi connectivity index (χ1n) is 9.83. The number of halogens is 1. The van der Waals surface area contributed by atoms with Gasteiger partial charge in [-0.15, -0.1) is 12.4 Å². The minimum Gasteiger partial charge on any atom is -0.345 e. The number of carbonyl (C=O) groups excluding carboxylic acids is 1. The van der Waals surface area contributed by atoms with Crippen molar-refractivity contribution in [3.63, 3.8) is 0 Å². The second-order valence-corrected chi connectivity index (χ2v) is 8.23. The Labute approximate surface area is 174 Å². The van der Waals surface area contributed by atoms with Crippen LogP contribution in [0.15, 0.2) is 60.7 Å². The average molecular weight is 402 g/mol. The summed E-state index contributed by atoms with van der Waals surface area (Å²) in [5, 5.41) is 3.23. The molecule has 28 heavy (non-hydrogen) atoms. The van der Waals surface area contributed by atoms with Gasteiger partial charge in [-0.05, 0) is 29.5 Å². The van der Waals surface area contributed by atoms with Crippen molar-refractivity contribution in [3.05, 3.63) is 71.8 Å². The molecule has 1 heterocycles. The first-order chi connectivity index (χ1) is 13.0. The molecule has 5 heteroatoms. The molecule has 0 bridgehead atoms. The highest BCUT2D eigenvalue weighted by Crippen LogP contribution is 2.27. The predicted molar refractivity (Wildman–Crippen MR) is 118 cm³/mol. The van der Waals surface area contributed by atoms with Crippen molar-refractivity contribution in [2.24, 2.45) is 11.1 Å². The van der Waals surface area contributed by atoms with Gasteiger partial charge in [0.2, 0.25) is 5.91 Å². The van der Waals surface area contributed by atoms with E-state index in [2.05, 4.69) is 48.3 Å². The van der Waals surface area contributed by atoms with E-state index in [0.717, 1.165) is 37.2 Å². The number of amides is 1. The first-order valence-corrected chi connectivity index (χ1v) is 9.83. The lowest BCUT2D eigenvalue weighted by Crippen LogP contribution is -2.52. The van der Waals surface area contributed by atoms with Crippen molar-refractivity contribution in [3.8, 4) is 0 Å². The number of hydrogen-bond donors (Lipinski definition) is 2. The fourth-order valence-corrected chi connectivity index (χ4v) is 3.82. The Morgan fingerprint density at radius 2 is 1.64 bits per heavy atom. The molecule has 3 N–H and O–H groups in total. The molecule has 2 aromatic rings.